The molecule has 0 spiro atoms. The molecule has 1 heterocycles. The van der Waals surface area contributed by atoms with Crippen molar-refractivity contribution in [1.82, 2.24) is 9.29 Å². The third-order valence-corrected chi connectivity index (χ3v) is 7.89. The third kappa shape index (κ3) is 3.85. The topological polar surface area (TPSA) is 82.3 Å². The molecule has 4 rings (SSSR count). The van der Waals surface area contributed by atoms with E-state index in [1.165, 1.54) is 18.3 Å². The van der Waals surface area contributed by atoms with Crippen LogP contribution in [-0.2, 0) is 27.7 Å². The van der Waals surface area contributed by atoms with E-state index in [0.717, 1.165) is 46.5 Å². The van der Waals surface area contributed by atoms with Crippen LogP contribution >= 0.6 is 11.6 Å². The van der Waals surface area contributed by atoms with Crippen LogP contribution < -0.4 is 5.32 Å². The first-order valence-electron chi connectivity index (χ1n) is 9.92. The summed E-state index contributed by atoms with van der Waals surface area (Å²) in [6, 6.07) is 10.3. The number of aromatic nitrogens is 1. The number of sulfonamides is 1. The highest BCUT2D eigenvalue weighted by Crippen LogP contribution is 2.31. The lowest BCUT2D eigenvalue weighted by Crippen LogP contribution is -2.35. The highest BCUT2D eigenvalue weighted by molar-refractivity contribution is 7.89. The number of fused-ring (bicyclic) bond motifs is 3. The van der Waals surface area contributed by atoms with Gasteiger partial charge in [0.05, 0.1) is 11.4 Å². The lowest BCUT2D eigenvalue weighted by Gasteiger charge is -2.18. The minimum absolute atomic E-state index is 0.191. The van der Waals surface area contributed by atoms with E-state index in [2.05, 4.69) is 10.3 Å². The second-order valence-electron chi connectivity index (χ2n) is 7.72. The number of aromatic amines is 1. The number of H-pyrrole nitrogens is 1. The number of hydrogen-bond acceptors (Lipinski definition) is 3. The number of likely N-dealkylation sites (N-methyl/N-ethyl adjacent to an activating group) is 1. The molecule has 0 radical (unpaired) electrons. The Morgan fingerprint density at radius 2 is 1.97 bits per heavy atom. The zero-order valence-electron chi connectivity index (χ0n) is 17.0. The molecular weight excluding hydrogens is 422 g/mol. The van der Waals surface area contributed by atoms with Crippen molar-refractivity contribution in [1.29, 1.82) is 0 Å². The molecular formula is C22H24ClN3O3S. The Bertz CT molecular complexity index is 1230. The van der Waals surface area contributed by atoms with Crippen molar-refractivity contribution in [3.05, 3.63) is 58.2 Å². The number of nitrogens with one attached hydrogen (secondary N) is 2. The van der Waals surface area contributed by atoms with Crippen molar-refractivity contribution >= 4 is 44.1 Å². The van der Waals surface area contributed by atoms with Crippen LogP contribution in [0.3, 0.4) is 0 Å². The molecule has 2 aromatic carbocycles. The number of halogens is 1. The van der Waals surface area contributed by atoms with Crippen LogP contribution in [0.1, 0.15) is 29.7 Å². The summed E-state index contributed by atoms with van der Waals surface area (Å²) in [4.78, 5) is 16.1. The summed E-state index contributed by atoms with van der Waals surface area (Å²) in [6.07, 6.45) is 4.21. The zero-order valence-corrected chi connectivity index (χ0v) is 18.5. The molecule has 0 saturated carbocycles. The first-order chi connectivity index (χ1) is 14.3. The highest BCUT2D eigenvalue weighted by Gasteiger charge is 2.25. The van der Waals surface area contributed by atoms with E-state index in [1.54, 1.807) is 37.3 Å². The predicted octanol–water partition coefficient (Wildman–Crippen LogP) is 4.27. The number of nitrogens with zero attached hydrogens (tertiary/aromatic N) is 1. The van der Waals surface area contributed by atoms with Crippen LogP contribution in [0, 0.1) is 6.92 Å². The summed E-state index contributed by atoms with van der Waals surface area (Å²) in [5, 5.41) is 4.23. The molecule has 0 fully saturated rings. The Morgan fingerprint density at radius 1 is 1.20 bits per heavy atom. The average Bonchev–Trinajstić information content (AvgIpc) is 3.09. The Hall–Kier alpha value is -2.35. The average molecular weight is 446 g/mol. The van der Waals surface area contributed by atoms with Gasteiger partial charge < -0.3 is 10.3 Å². The third-order valence-electron chi connectivity index (χ3n) is 5.69. The molecule has 0 aliphatic heterocycles. The fraction of sp³-hybridized carbons (Fsp3) is 0.318. The summed E-state index contributed by atoms with van der Waals surface area (Å²) in [5.74, 6) is -0.424. The molecule has 8 heteroatoms. The number of amides is 1. The second-order valence-corrected chi connectivity index (χ2v) is 10.2. The van der Waals surface area contributed by atoms with Crippen LogP contribution in [0.4, 0.5) is 5.69 Å². The summed E-state index contributed by atoms with van der Waals surface area (Å²) < 4.78 is 27.3. The summed E-state index contributed by atoms with van der Waals surface area (Å²) >= 11 is 6.08. The van der Waals surface area contributed by atoms with Gasteiger partial charge in [-0.3, -0.25) is 4.79 Å². The lowest BCUT2D eigenvalue weighted by molar-refractivity contribution is -0.116. The van der Waals surface area contributed by atoms with Crippen LogP contribution in [0.15, 0.2) is 41.3 Å². The Balaban J connectivity index is 1.55. The van der Waals surface area contributed by atoms with Gasteiger partial charge in [0.1, 0.15) is 0 Å². The van der Waals surface area contributed by atoms with Crippen LogP contribution in [0.2, 0.25) is 5.02 Å². The van der Waals surface area contributed by atoms with E-state index >= 15 is 0 Å². The molecule has 3 aromatic rings. The van der Waals surface area contributed by atoms with Gasteiger partial charge in [0, 0.05) is 34.4 Å². The van der Waals surface area contributed by atoms with E-state index in [-0.39, 0.29) is 11.4 Å². The minimum Gasteiger partial charge on any atom is -0.358 e. The molecule has 1 aliphatic carbocycles. The van der Waals surface area contributed by atoms with Crippen molar-refractivity contribution in [2.45, 2.75) is 37.5 Å². The highest BCUT2D eigenvalue weighted by atomic mass is 35.5. The molecule has 1 aliphatic rings. The molecule has 0 unspecified atom stereocenters. The molecule has 2 N–H and O–H groups in total. The number of aryl methyl sites for hydroxylation is 2. The molecule has 6 nitrogen and oxygen atoms in total. The monoisotopic (exact) mass is 445 g/mol. The van der Waals surface area contributed by atoms with Gasteiger partial charge >= 0.3 is 0 Å². The normalized spacial score (nSPS) is 14.1. The zero-order chi connectivity index (χ0) is 21.5. The predicted molar refractivity (Wildman–Crippen MR) is 120 cm³/mol. The maximum Gasteiger partial charge on any atom is 0.243 e. The molecule has 0 bridgehead atoms. The van der Waals surface area contributed by atoms with E-state index in [9.17, 15) is 13.2 Å². The van der Waals surface area contributed by atoms with E-state index < -0.39 is 15.9 Å². The van der Waals surface area contributed by atoms with Crippen LogP contribution in [-0.4, -0.2) is 37.2 Å². The number of benzene rings is 2. The Kier molecular flexibility index (Phi) is 5.61. The van der Waals surface area contributed by atoms with Gasteiger partial charge in [-0.2, -0.15) is 4.31 Å². The summed E-state index contributed by atoms with van der Waals surface area (Å²) in [7, 11) is -2.39. The standard InChI is InChI=1S/C22H24ClN3O3S/c1-14-18(23)7-5-9-19(14)25-22(27)13-26(2)30(28,29)15-10-11-21-17(12-15)16-6-3-4-8-20(16)24-21/h5,7,9-12,24H,3-4,6,8,13H2,1-2H3,(H,25,27). The molecule has 0 atom stereocenters. The smallest absolute Gasteiger partial charge is 0.243 e. The number of hydrogen-bond donors (Lipinski definition) is 2. The van der Waals surface area contributed by atoms with Crippen LogP contribution in [0.5, 0.6) is 0 Å². The fourth-order valence-corrected chi connectivity index (χ4v) is 5.27. The second kappa shape index (κ2) is 8.06. The Labute approximate surface area is 181 Å². The maximum absolute atomic E-state index is 13.1. The number of carbonyl (C=O) groups is 1. The SMILES string of the molecule is Cc1c(Cl)cccc1NC(=O)CN(C)S(=O)(=O)c1ccc2[nH]c3c(c2c1)CCCC3. The largest absolute Gasteiger partial charge is 0.358 e. The molecule has 30 heavy (non-hydrogen) atoms. The van der Waals surface area contributed by atoms with Gasteiger partial charge in [0.15, 0.2) is 0 Å². The quantitative estimate of drug-likeness (QED) is 0.615. The van der Waals surface area contributed by atoms with Gasteiger partial charge in [-0.05, 0) is 74.1 Å². The van der Waals surface area contributed by atoms with Crippen molar-refractivity contribution in [3.8, 4) is 0 Å². The first kappa shape index (κ1) is 20.9. The van der Waals surface area contributed by atoms with E-state index in [0.29, 0.717) is 10.7 Å². The maximum atomic E-state index is 13.1. The van der Waals surface area contributed by atoms with Gasteiger partial charge in [-0.25, -0.2) is 8.42 Å². The molecule has 1 amide bonds. The van der Waals surface area contributed by atoms with E-state index in [1.807, 2.05) is 6.07 Å². The number of rotatable bonds is 5. The molecule has 0 saturated heterocycles. The molecule has 158 valence electrons. The van der Waals surface area contributed by atoms with Crippen molar-refractivity contribution in [2.75, 3.05) is 18.9 Å². The number of carbonyl (C=O) groups excluding carboxylic acids is 1. The molecule has 1 aromatic heterocycles. The van der Waals surface area contributed by atoms with Gasteiger partial charge in [0.2, 0.25) is 15.9 Å². The minimum atomic E-state index is -3.81. The fourth-order valence-electron chi connectivity index (χ4n) is 3.95. The van der Waals surface area contributed by atoms with Crippen LogP contribution in [0.25, 0.3) is 10.9 Å². The lowest BCUT2D eigenvalue weighted by atomic mass is 9.96. The Morgan fingerprint density at radius 3 is 2.77 bits per heavy atom. The summed E-state index contributed by atoms with van der Waals surface area (Å²) in [6.45, 7) is 1.50. The van der Waals surface area contributed by atoms with Crippen molar-refractivity contribution < 1.29 is 13.2 Å². The first-order valence-corrected chi connectivity index (χ1v) is 11.7. The van der Waals surface area contributed by atoms with Gasteiger partial charge in [0.25, 0.3) is 0 Å². The van der Waals surface area contributed by atoms with E-state index in [4.69, 9.17) is 11.6 Å². The van der Waals surface area contributed by atoms with Crippen molar-refractivity contribution in [3.63, 3.8) is 0 Å². The van der Waals surface area contributed by atoms with Crippen molar-refractivity contribution in [2.24, 2.45) is 0 Å². The number of anilines is 1. The van der Waals surface area contributed by atoms with Gasteiger partial charge in [-0.1, -0.05) is 17.7 Å². The van der Waals surface area contributed by atoms with Gasteiger partial charge in [-0.15, -0.1) is 0 Å². The summed E-state index contributed by atoms with van der Waals surface area (Å²) in [5.41, 5.74) is 4.68.